The molecule has 0 aromatic heterocycles. The van der Waals surface area contributed by atoms with Crippen molar-refractivity contribution in [1.29, 1.82) is 0 Å². The molecule has 2 atom stereocenters. The van der Waals surface area contributed by atoms with Gasteiger partial charge in [0, 0.05) is 24.9 Å². The zero-order valence-electron chi connectivity index (χ0n) is 17.0. The smallest absolute Gasteiger partial charge is 0.261 e. The first-order valence-electron chi connectivity index (χ1n) is 10.3. The lowest BCUT2D eigenvalue weighted by Crippen LogP contribution is -2.57. The molecule has 0 spiro atoms. The average molecular weight is 447 g/mol. The highest BCUT2D eigenvalue weighted by molar-refractivity contribution is 7.92. The zero-order chi connectivity index (χ0) is 21.8. The van der Waals surface area contributed by atoms with Crippen LogP contribution in [0.25, 0.3) is 0 Å². The number of carbonyl (C=O) groups excluding carboxylic acids is 1. The summed E-state index contributed by atoms with van der Waals surface area (Å²) in [5.74, 6) is -0.130. The van der Waals surface area contributed by atoms with Crippen LogP contribution in [0.4, 0.5) is 5.69 Å². The van der Waals surface area contributed by atoms with Crippen molar-refractivity contribution in [2.24, 2.45) is 0 Å². The molecule has 2 aromatic carbocycles. The van der Waals surface area contributed by atoms with Gasteiger partial charge in [0.05, 0.1) is 17.5 Å². The first-order chi connectivity index (χ1) is 15.0. The van der Waals surface area contributed by atoms with Gasteiger partial charge in [0.25, 0.3) is 10.0 Å². The normalized spacial score (nSPS) is 23.0. The number of nitrogens with one attached hydrogen (secondary N) is 1. The minimum atomic E-state index is -3.68. The number of aliphatic hydroxyl groups is 1. The van der Waals surface area contributed by atoms with E-state index in [9.17, 15) is 18.3 Å². The lowest BCUT2D eigenvalue weighted by Gasteiger charge is -2.45. The van der Waals surface area contributed by atoms with Crippen molar-refractivity contribution in [3.05, 3.63) is 60.2 Å². The molecule has 2 N–H and O–H groups in total. The summed E-state index contributed by atoms with van der Waals surface area (Å²) in [6.07, 6.45) is 0.968. The van der Waals surface area contributed by atoms with Crippen LogP contribution in [0.1, 0.15) is 24.5 Å². The Morgan fingerprint density at radius 1 is 1.03 bits per heavy atom. The van der Waals surface area contributed by atoms with Crippen LogP contribution in [-0.4, -0.2) is 62.8 Å². The number of amides is 1. The Labute approximate surface area is 181 Å². The molecule has 0 radical (unpaired) electrons. The molecule has 2 aliphatic rings. The second kappa shape index (κ2) is 9.35. The average Bonchev–Trinajstić information content (AvgIpc) is 2.80. The number of nitrogens with zero attached hydrogens (tertiary/aromatic N) is 1. The summed E-state index contributed by atoms with van der Waals surface area (Å²) in [5.41, 5.74) is 1.19. The van der Waals surface area contributed by atoms with E-state index >= 15 is 0 Å². The predicted octanol–water partition coefficient (Wildman–Crippen LogP) is 1.93. The van der Waals surface area contributed by atoms with Crippen molar-refractivity contribution in [2.75, 3.05) is 31.1 Å². The van der Waals surface area contributed by atoms with Crippen LogP contribution in [0.3, 0.4) is 0 Å². The maximum absolute atomic E-state index is 12.6. The number of rotatable bonds is 6. The Hall–Kier alpha value is -2.46. The second-order valence-corrected chi connectivity index (χ2v) is 9.35. The summed E-state index contributed by atoms with van der Waals surface area (Å²) >= 11 is 0. The van der Waals surface area contributed by atoms with Crippen LogP contribution < -0.4 is 4.72 Å². The molecule has 0 saturated carbocycles. The van der Waals surface area contributed by atoms with Gasteiger partial charge in [0.1, 0.15) is 12.7 Å². The third-order valence-corrected chi connectivity index (χ3v) is 7.09. The molecule has 8 nitrogen and oxygen atoms in total. The molecular formula is C22H26N2O6S. The van der Waals surface area contributed by atoms with Gasteiger partial charge in [0.15, 0.2) is 0 Å². The Morgan fingerprint density at radius 3 is 2.35 bits per heavy atom. The lowest BCUT2D eigenvalue weighted by molar-refractivity contribution is -0.168. The zero-order valence-corrected chi connectivity index (χ0v) is 17.8. The molecule has 2 heterocycles. The van der Waals surface area contributed by atoms with Gasteiger partial charge in [-0.1, -0.05) is 30.3 Å². The standard InChI is InChI=1S/C22H26N2O6S/c25-14-20-22(30-15-21(26)24(20)18-10-12-29-13-11-18)16-6-8-17(9-7-16)23-31(27,28)19-4-2-1-3-5-19/h1-9,18,20,22-23,25H,10-15H2. The van der Waals surface area contributed by atoms with Gasteiger partial charge in [-0.2, -0.15) is 0 Å². The third kappa shape index (κ3) is 4.74. The Balaban J connectivity index is 1.51. The summed E-state index contributed by atoms with van der Waals surface area (Å²) in [4.78, 5) is 14.5. The van der Waals surface area contributed by atoms with Crippen LogP contribution in [-0.2, 0) is 24.3 Å². The Bertz CT molecular complexity index is 990. The van der Waals surface area contributed by atoms with E-state index in [2.05, 4.69) is 4.72 Å². The van der Waals surface area contributed by atoms with Crippen LogP contribution >= 0.6 is 0 Å². The number of ether oxygens (including phenoxy) is 2. The van der Waals surface area contributed by atoms with Gasteiger partial charge < -0.3 is 19.5 Å². The van der Waals surface area contributed by atoms with Crippen molar-refractivity contribution in [1.82, 2.24) is 4.90 Å². The minimum absolute atomic E-state index is 0.0155. The molecule has 2 fully saturated rings. The number of hydrogen-bond donors (Lipinski definition) is 2. The monoisotopic (exact) mass is 446 g/mol. The summed E-state index contributed by atoms with van der Waals surface area (Å²) < 4.78 is 38.8. The number of benzene rings is 2. The van der Waals surface area contributed by atoms with Crippen LogP contribution in [0.5, 0.6) is 0 Å². The summed E-state index contributed by atoms with van der Waals surface area (Å²) in [6.45, 7) is 0.903. The molecular weight excluding hydrogens is 420 g/mol. The number of carbonyl (C=O) groups is 1. The number of sulfonamides is 1. The van der Waals surface area contributed by atoms with Gasteiger partial charge in [-0.25, -0.2) is 8.42 Å². The van der Waals surface area contributed by atoms with Crippen molar-refractivity contribution in [2.45, 2.75) is 35.9 Å². The quantitative estimate of drug-likeness (QED) is 0.703. The molecule has 0 bridgehead atoms. The summed E-state index contributed by atoms with van der Waals surface area (Å²) in [5, 5.41) is 10.1. The molecule has 2 aliphatic heterocycles. The highest BCUT2D eigenvalue weighted by atomic mass is 32.2. The third-order valence-electron chi connectivity index (χ3n) is 5.70. The van der Waals surface area contributed by atoms with E-state index in [1.165, 1.54) is 12.1 Å². The van der Waals surface area contributed by atoms with Gasteiger partial charge in [0.2, 0.25) is 5.91 Å². The molecule has 1 amide bonds. The SMILES string of the molecule is O=C1COC(c2ccc(NS(=O)(=O)c3ccccc3)cc2)C(CO)N1C1CCOCC1. The molecule has 2 unspecified atom stereocenters. The van der Waals surface area contributed by atoms with E-state index in [0.29, 0.717) is 18.9 Å². The first kappa shape index (κ1) is 21.8. The largest absolute Gasteiger partial charge is 0.394 e. The number of morpholine rings is 1. The van der Waals surface area contributed by atoms with Crippen molar-refractivity contribution >= 4 is 21.6 Å². The second-order valence-electron chi connectivity index (χ2n) is 7.67. The van der Waals surface area contributed by atoms with Gasteiger partial charge in [-0.05, 0) is 42.7 Å². The Kier molecular flexibility index (Phi) is 6.57. The van der Waals surface area contributed by atoms with Crippen molar-refractivity contribution < 1.29 is 27.8 Å². The molecule has 9 heteroatoms. The fourth-order valence-electron chi connectivity index (χ4n) is 4.17. The summed E-state index contributed by atoms with van der Waals surface area (Å²) in [7, 11) is -3.68. The molecule has 4 rings (SSSR count). The van der Waals surface area contributed by atoms with Crippen LogP contribution in [0, 0.1) is 0 Å². The van der Waals surface area contributed by atoms with E-state index in [1.807, 2.05) is 0 Å². The molecule has 166 valence electrons. The van der Waals surface area contributed by atoms with E-state index < -0.39 is 22.2 Å². The first-order valence-corrected chi connectivity index (χ1v) is 11.8. The number of aliphatic hydroxyl groups excluding tert-OH is 1. The van der Waals surface area contributed by atoms with Crippen molar-refractivity contribution in [3.8, 4) is 0 Å². The van der Waals surface area contributed by atoms with E-state index in [1.54, 1.807) is 47.4 Å². The number of hydrogen-bond acceptors (Lipinski definition) is 6. The van der Waals surface area contributed by atoms with Gasteiger partial charge >= 0.3 is 0 Å². The van der Waals surface area contributed by atoms with Gasteiger partial charge in [-0.15, -0.1) is 0 Å². The molecule has 31 heavy (non-hydrogen) atoms. The lowest BCUT2D eigenvalue weighted by atomic mass is 9.95. The summed E-state index contributed by atoms with van der Waals surface area (Å²) in [6, 6.07) is 14.5. The van der Waals surface area contributed by atoms with Crippen molar-refractivity contribution in [3.63, 3.8) is 0 Å². The number of anilines is 1. The van der Waals surface area contributed by atoms with E-state index in [4.69, 9.17) is 9.47 Å². The molecule has 0 aliphatic carbocycles. The van der Waals surface area contributed by atoms with Crippen LogP contribution in [0.2, 0.25) is 0 Å². The minimum Gasteiger partial charge on any atom is -0.394 e. The van der Waals surface area contributed by atoms with E-state index in [0.717, 1.165) is 18.4 Å². The molecule has 2 saturated heterocycles. The maximum Gasteiger partial charge on any atom is 0.261 e. The van der Waals surface area contributed by atoms with Crippen LogP contribution in [0.15, 0.2) is 59.5 Å². The van der Waals surface area contributed by atoms with Gasteiger partial charge in [-0.3, -0.25) is 9.52 Å². The predicted molar refractivity (Wildman–Crippen MR) is 114 cm³/mol. The Morgan fingerprint density at radius 2 is 1.71 bits per heavy atom. The van der Waals surface area contributed by atoms with E-state index in [-0.39, 0.29) is 30.1 Å². The highest BCUT2D eigenvalue weighted by Crippen LogP contribution is 2.33. The topological polar surface area (TPSA) is 105 Å². The fraction of sp³-hybridized carbons (Fsp3) is 0.409. The highest BCUT2D eigenvalue weighted by Gasteiger charge is 2.41. The maximum atomic E-state index is 12.6. The fourth-order valence-corrected chi connectivity index (χ4v) is 5.25. The molecule has 2 aromatic rings.